The number of sulfonamides is 1. The molecule has 0 amide bonds. The second-order valence-corrected chi connectivity index (χ2v) is 7.76. The van der Waals surface area contributed by atoms with Crippen molar-refractivity contribution in [2.24, 2.45) is 0 Å². The molecule has 21 heavy (non-hydrogen) atoms. The number of fused-ring (bicyclic) bond motifs is 1. The first-order chi connectivity index (χ1) is 10.0. The van der Waals surface area contributed by atoms with E-state index in [9.17, 15) is 8.42 Å². The molecule has 3 rings (SSSR count). The largest absolute Gasteiger partial charge is 0.464 e. The second-order valence-electron chi connectivity index (χ2n) is 5.86. The molecule has 0 radical (unpaired) electrons. The second kappa shape index (κ2) is 5.72. The van der Waals surface area contributed by atoms with Gasteiger partial charge in [-0.1, -0.05) is 0 Å². The smallest absolute Gasteiger partial charge is 0.246 e. The first kappa shape index (κ1) is 15.0. The molecule has 6 nitrogen and oxygen atoms in total. The van der Waals surface area contributed by atoms with Gasteiger partial charge in [0.05, 0.1) is 6.54 Å². The average Bonchev–Trinajstić information content (AvgIpc) is 3.04. The van der Waals surface area contributed by atoms with Gasteiger partial charge in [-0.25, -0.2) is 8.42 Å². The zero-order valence-corrected chi connectivity index (χ0v) is 13.4. The van der Waals surface area contributed by atoms with Gasteiger partial charge in [-0.05, 0) is 33.4 Å². The molecule has 1 atom stereocenters. The predicted octanol–water partition coefficient (Wildman–Crippen LogP) is 0.776. The van der Waals surface area contributed by atoms with Crippen LogP contribution in [0.2, 0.25) is 0 Å². The fourth-order valence-electron chi connectivity index (χ4n) is 3.36. The summed E-state index contributed by atoms with van der Waals surface area (Å²) in [6.45, 7) is 5.38. The first-order valence-electron chi connectivity index (χ1n) is 7.50. The third-order valence-electron chi connectivity index (χ3n) is 4.44. The Morgan fingerprint density at radius 3 is 2.95 bits per heavy atom. The maximum atomic E-state index is 12.8. The molecule has 0 aromatic carbocycles. The first-order valence-corrected chi connectivity index (χ1v) is 8.94. The van der Waals surface area contributed by atoms with Crippen molar-refractivity contribution in [3.8, 4) is 0 Å². The van der Waals surface area contributed by atoms with Crippen LogP contribution in [0.1, 0.15) is 24.4 Å². The maximum absolute atomic E-state index is 12.8. The Balaban J connectivity index is 1.83. The van der Waals surface area contributed by atoms with Gasteiger partial charge in [0.2, 0.25) is 10.0 Å². The molecule has 1 aromatic rings. The molecular formula is C14H23N3O3S. The van der Waals surface area contributed by atoms with Crippen molar-refractivity contribution < 1.29 is 12.8 Å². The van der Waals surface area contributed by atoms with Gasteiger partial charge in [0.15, 0.2) is 0 Å². The number of rotatable bonds is 4. The van der Waals surface area contributed by atoms with Crippen LogP contribution in [0.25, 0.3) is 0 Å². The number of furan rings is 1. The number of piperazine rings is 1. The molecule has 2 aliphatic rings. The third-order valence-corrected chi connectivity index (χ3v) is 6.41. The van der Waals surface area contributed by atoms with Crippen molar-refractivity contribution in [1.29, 1.82) is 0 Å². The summed E-state index contributed by atoms with van der Waals surface area (Å²) in [5.74, 6) is 1.14. The van der Waals surface area contributed by atoms with Gasteiger partial charge in [-0.2, -0.15) is 4.31 Å². The molecule has 0 spiro atoms. The summed E-state index contributed by atoms with van der Waals surface area (Å²) in [5, 5.41) is 2.98. The maximum Gasteiger partial charge on any atom is 0.246 e. The van der Waals surface area contributed by atoms with Crippen molar-refractivity contribution in [1.82, 2.24) is 14.5 Å². The van der Waals surface area contributed by atoms with Crippen molar-refractivity contribution >= 4 is 10.0 Å². The average molecular weight is 313 g/mol. The van der Waals surface area contributed by atoms with Crippen LogP contribution in [0, 0.1) is 6.92 Å². The van der Waals surface area contributed by atoms with Gasteiger partial charge in [0.1, 0.15) is 16.4 Å². The van der Waals surface area contributed by atoms with Crippen molar-refractivity contribution in [2.75, 3.05) is 33.2 Å². The number of hydrogen-bond donors (Lipinski definition) is 1. The standard InChI is InChI=1S/C14H23N3O3S/c1-11-14(8-13(20-11)9-15-2)21(18,19)17-7-6-16-5-3-4-12(16)10-17/h8,12,15H,3-7,9-10H2,1-2H3. The van der Waals surface area contributed by atoms with Crippen LogP contribution in [-0.2, 0) is 16.6 Å². The summed E-state index contributed by atoms with van der Waals surface area (Å²) >= 11 is 0. The lowest BCUT2D eigenvalue weighted by Crippen LogP contribution is -2.51. The van der Waals surface area contributed by atoms with Crippen molar-refractivity contribution in [3.63, 3.8) is 0 Å². The normalized spacial score (nSPS) is 24.4. The predicted molar refractivity (Wildman–Crippen MR) is 79.6 cm³/mol. The van der Waals surface area contributed by atoms with Gasteiger partial charge in [-0.15, -0.1) is 0 Å². The highest BCUT2D eigenvalue weighted by Crippen LogP contribution is 2.28. The van der Waals surface area contributed by atoms with E-state index in [0.29, 0.717) is 42.1 Å². The van der Waals surface area contributed by atoms with Crippen LogP contribution >= 0.6 is 0 Å². The minimum absolute atomic E-state index is 0.319. The molecular weight excluding hydrogens is 290 g/mol. The number of aryl methyl sites for hydroxylation is 1. The number of hydrogen-bond acceptors (Lipinski definition) is 5. The fourth-order valence-corrected chi connectivity index (χ4v) is 5.02. The molecule has 2 aliphatic heterocycles. The van der Waals surface area contributed by atoms with Crippen molar-refractivity contribution in [3.05, 3.63) is 17.6 Å². The Hall–Kier alpha value is -0.890. The van der Waals surface area contributed by atoms with Crippen molar-refractivity contribution in [2.45, 2.75) is 37.2 Å². The van der Waals surface area contributed by atoms with Gasteiger partial charge in [-0.3, -0.25) is 4.90 Å². The lowest BCUT2D eigenvalue weighted by atomic mass is 10.2. The molecule has 2 saturated heterocycles. The van der Waals surface area contributed by atoms with Crippen LogP contribution in [0.4, 0.5) is 0 Å². The monoisotopic (exact) mass is 313 g/mol. The Morgan fingerprint density at radius 2 is 2.19 bits per heavy atom. The number of nitrogens with one attached hydrogen (secondary N) is 1. The zero-order valence-electron chi connectivity index (χ0n) is 12.6. The summed E-state index contributed by atoms with van der Waals surface area (Å²) < 4.78 is 32.8. The van der Waals surface area contributed by atoms with E-state index in [1.54, 1.807) is 17.3 Å². The highest BCUT2D eigenvalue weighted by molar-refractivity contribution is 7.89. The molecule has 1 N–H and O–H groups in total. The van der Waals surface area contributed by atoms with E-state index in [-0.39, 0.29) is 0 Å². The molecule has 0 aliphatic carbocycles. The Labute approximate surface area is 126 Å². The molecule has 3 heterocycles. The summed E-state index contributed by atoms with van der Waals surface area (Å²) in [5.41, 5.74) is 0. The summed E-state index contributed by atoms with van der Waals surface area (Å²) in [7, 11) is -1.63. The topological polar surface area (TPSA) is 65.8 Å². The molecule has 7 heteroatoms. The lowest BCUT2D eigenvalue weighted by molar-refractivity contribution is 0.158. The summed E-state index contributed by atoms with van der Waals surface area (Å²) in [6, 6.07) is 2.04. The Bertz CT molecular complexity index is 611. The molecule has 118 valence electrons. The van der Waals surface area contributed by atoms with Gasteiger partial charge in [0, 0.05) is 31.7 Å². The van der Waals surface area contributed by atoms with E-state index >= 15 is 0 Å². The van der Waals surface area contributed by atoms with Crippen LogP contribution in [0.5, 0.6) is 0 Å². The van der Waals surface area contributed by atoms with E-state index in [1.807, 2.05) is 7.05 Å². The van der Waals surface area contributed by atoms with Gasteiger partial charge < -0.3 is 9.73 Å². The highest BCUT2D eigenvalue weighted by atomic mass is 32.2. The van der Waals surface area contributed by atoms with E-state index in [4.69, 9.17) is 4.42 Å². The Kier molecular flexibility index (Phi) is 4.09. The minimum atomic E-state index is -3.44. The van der Waals surface area contributed by atoms with Crippen LogP contribution in [0.3, 0.4) is 0 Å². The Morgan fingerprint density at radius 1 is 1.38 bits per heavy atom. The number of nitrogens with zero attached hydrogens (tertiary/aromatic N) is 2. The zero-order chi connectivity index (χ0) is 15.0. The molecule has 1 unspecified atom stereocenters. The quantitative estimate of drug-likeness (QED) is 0.890. The van der Waals surface area contributed by atoms with E-state index < -0.39 is 10.0 Å². The summed E-state index contributed by atoms with van der Waals surface area (Å²) in [4.78, 5) is 2.72. The van der Waals surface area contributed by atoms with E-state index in [0.717, 1.165) is 19.5 Å². The molecule has 1 aromatic heterocycles. The van der Waals surface area contributed by atoms with E-state index in [2.05, 4.69) is 10.2 Å². The third kappa shape index (κ3) is 2.75. The van der Waals surface area contributed by atoms with Crippen LogP contribution in [-0.4, -0.2) is 56.9 Å². The summed E-state index contributed by atoms with van der Waals surface area (Å²) in [6.07, 6.45) is 2.27. The lowest BCUT2D eigenvalue weighted by Gasteiger charge is -2.36. The van der Waals surface area contributed by atoms with Gasteiger partial charge >= 0.3 is 0 Å². The molecule has 0 bridgehead atoms. The van der Waals surface area contributed by atoms with Crippen LogP contribution < -0.4 is 5.32 Å². The van der Waals surface area contributed by atoms with E-state index in [1.165, 1.54) is 6.42 Å². The highest BCUT2D eigenvalue weighted by Gasteiger charge is 2.37. The molecule has 2 fully saturated rings. The van der Waals surface area contributed by atoms with Gasteiger partial charge in [0.25, 0.3) is 0 Å². The fraction of sp³-hybridized carbons (Fsp3) is 0.714. The SMILES string of the molecule is CNCc1cc(S(=O)(=O)N2CCN3CCCC3C2)c(C)o1. The minimum Gasteiger partial charge on any atom is -0.464 e. The van der Waals surface area contributed by atoms with Crippen LogP contribution in [0.15, 0.2) is 15.4 Å². The molecule has 0 saturated carbocycles.